The van der Waals surface area contributed by atoms with Gasteiger partial charge >= 0.3 is 0 Å². The molecule has 0 saturated carbocycles. The molecule has 1 N–H and O–H groups in total. The lowest BCUT2D eigenvalue weighted by Gasteiger charge is -2.20. The number of carbonyl (C=O) groups excluding carboxylic acids is 1. The molecule has 0 aromatic heterocycles. The van der Waals surface area contributed by atoms with Gasteiger partial charge in [-0.3, -0.25) is 14.9 Å². The SMILES string of the molecule is CN(C)CCCCC(NC(=O)c1ccc([N+](=O)[O-])cc1)c1ccccc1. The molecule has 6 heteroatoms. The van der Waals surface area contributed by atoms with Gasteiger partial charge in [-0.15, -0.1) is 0 Å². The van der Waals surface area contributed by atoms with E-state index in [-0.39, 0.29) is 17.6 Å². The summed E-state index contributed by atoms with van der Waals surface area (Å²) in [6, 6.07) is 15.5. The molecule has 2 aromatic rings. The maximum atomic E-state index is 12.6. The fourth-order valence-electron chi connectivity index (χ4n) is 2.76. The van der Waals surface area contributed by atoms with E-state index >= 15 is 0 Å². The van der Waals surface area contributed by atoms with Crippen LogP contribution in [0.2, 0.25) is 0 Å². The highest BCUT2D eigenvalue weighted by atomic mass is 16.6. The number of nitrogens with zero attached hydrogens (tertiary/aromatic N) is 2. The number of benzene rings is 2. The van der Waals surface area contributed by atoms with Crippen LogP contribution >= 0.6 is 0 Å². The number of rotatable bonds is 9. The van der Waals surface area contributed by atoms with Gasteiger partial charge in [0.2, 0.25) is 0 Å². The Morgan fingerprint density at radius 2 is 1.73 bits per heavy atom. The van der Waals surface area contributed by atoms with Gasteiger partial charge in [-0.1, -0.05) is 30.3 Å². The van der Waals surface area contributed by atoms with E-state index in [4.69, 9.17) is 0 Å². The summed E-state index contributed by atoms with van der Waals surface area (Å²) in [5.74, 6) is -0.221. The van der Waals surface area contributed by atoms with Crippen LogP contribution in [0, 0.1) is 10.1 Å². The van der Waals surface area contributed by atoms with Gasteiger partial charge in [0.25, 0.3) is 11.6 Å². The Balaban J connectivity index is 2.05. The first-order valence-electron chi connectivity index (χ1n) is 8.72. The van der Waals surface area contributed by atoms with E-state index < -0.39 is 4.92 Å². The van der Waals surface area contributed by atoms with Gasteiger partial charge in [-0.2, -0.15) is 0 Å². The lowest BCUT2D eigenvalue weighted by atomic mass is 10.00. The van der Waals surface area contributed by atoms with Gasteiger partial charge in [0.1, 0.15) is 0 Å². The molecular formula is C20H25N3O3. The van der Waals surface area contributed by atoms with Gasteiger partial charge in [0.05, 0.1) is 11.0 Å². The molecule has 138 valence electrons. The van der Waals surface area contributed by atoms with Crippen LogP contribution in [0.4, 0.5) is 5.69 Å². The third-order valence-electron chi connectivity index (χ3n) is 4.20. The van der Waals surface area contributed by atoms with Gasteiger partial charge in [-0.05, 0) is 57.6 Å². The monoisotopic (exact) mass is 355 g/mol. The van der Waals surface area contributed by atoms with Crippen LogP contribution in [0.25, 0.3) is 0 Å². The average Bonchev–Trinajstić information content (AvgIpc) is 2.64. The molecule has 0 aliphatic heterocycles. The van der Waals surface area contributed by atoms with Gasteiger partial charge in [-0.25, -0.2) is 0 Å². The van der Waals surface area contributed by atoms with Crippen LogP contribution in [0.5, 0.6) is 0 Å². The first-order valence-corrected chi connectivity index (χ1v) is 8.72. The summed E-state index contributed by atoms with van der Waals surface area (Å²) in [6.45, 7) is 1.01. The zero-order chi connectivity index (χ0) is 18.9. The first-order chi connectivity index (χ1) is 12.5. The average molecular weight is 355 g/mol. The number of hydrogen-bond acceptors (Lipinski definition) is 4. The molecule has 2 rings (SSSR count). The van der Waals surface area contributed by atoms with Crippen LogP contribution in [0.3, 0.4) is 0 Å². The number of unbranched alkanes of at least 4 members (excludes halogenated alkanes) is 1. The van der Waals surface area contributed by atoms with E-state index in [0.29, 0.717) is 5.56 Å². The third-order valence-corrected chi connectivity index (χ3v) is 4.20. The molecular weight excluding hydrogens is 330 g/mol. The Morgan fingerprint density at radius 3 is 2.31 bits per heavy atom. The summed E-state index contributed by atoms with van der Waals surface area (Å²) in [5.41, 5.74) is 1.46. The highest BCUT2D eigenvalue weighted by molar-refractivity contribution is 5.94. The fraction of sp³-hybridized carbons (Fsp3) is 0.350. The number of nitrogens with one attached hydrogen (secondary N) is 1. The Hall–Kier alpha value is -2.73. The Kier molecular flexibility index (Phi) is 7.29. The first kappa shape index (κ1) is 19.6. The van der Waals surface area contributed by atoms with Gasteiger partial charge in [0, 0.05) is 17.7 Å². The van der Waals surface area contributed by atoms with E-state index in [2.05, 4.69) is 10.2 Å². The van der Waals surface area contributed by atoms with Crippen LogP contribution in [0.1, 0.15) is 41.2 Å². The van der Waals surface area contributed by atoms with Crippen LogP contribution in [-0.4, -0.2) is 36.4 Å². The molecule has 0 bridgehead atoms. The molecule has 0 spiro atoms. The number of nitro groups is 1. The fourth-order valence-corrected chi connectivity index (χ4v) is 2.76. The van der Waals surface area contributed by atoms with Crippen molar-refractivity contribution in [2.45, 2.75) is 25.3 Å². The minimum absolute atomic E-state index is 0.0233. The molecule has 0 saturated heterocycles. The third kappa shape index (κ3) is 5.97. The zero-order valence-corrected chi connectivity index (χ0v) is 15.2. The minimum atomic E-state index is -0.473. The van der Waals surface area contributed by atoms with E-state index in [1.165, 1.54) is 24.3 Å². The number of amides is 1. The quantitative estimate of drug-likeness (QED) is 0.422. The van der Waals surface area contributed by atoms with E-state index in [1.807, 2.05) is 44.4 Å². The maximum absolute atomic E-state index is 12.6. The Bertz CT molecular complexity index is 715. The van der Waals surface area contributed by atoms with Gasteiger partial charge in [0.15, 0.2) is 0 Å². The van der Waals surface area contributed by atoms with Crippen molar-refractivity contribution in [3.63, 3.8) is 0 Å². The largest absolute Gasteiger partial charge is 0.345 e. The highest BCUT2D eigenvalue weighted by Gasteiger charge is 2.16. The van der Waals surface area contributed by atoms with Crippen molar-refractivity contribution < 1.29 is 9.72 Å². The molecule has 0 aliphatic carbocycles. The van der Waals surface area contributed by atoms with E-state index in [1.54, 1.807) is 0 Å². The van der Waals surface area contributed by atoms with Crippen molar-refractivity contribution in [2.24, 2.45) is 0 Å². The number of hydrogen-bond donors (Lipinski definition) is 1. The lowest BCUT2D eigenvalue weighted by molar-refractivity contribution is -0.384. The highest BCUT2D eigenvalue weighted by Crippen LogP contribution is 2.20. The van der Waals surface area contributed by atoms with Crippen molar-refractivity contribution in [3.8, 4) is 0 Å². The molecule has 6 nitrogen and oxygen atoms in total. The van der Waals surface area contributed by atoms with Crippen molar-refractivity contribution in [3.05, 3.63) is 75.8 Å². The second kappa shape index (κ2) is 9.68. The summed E-state index contributed by atoms with van der Waals surface area (Å²) >= 11 is 0. The summed E-state index contributed by atoms with van der Waals surface area (Å²) < 4.78 is 0. The predicted octanol–water partition coefficient (Wildman–Crippen LogP) is 3.80. The summed E-state index contributed by atoms with van der Waals surface area (Å²) in [5, 5.41) is 13.8. The predicted molar refractivity (Wildman–Crippen MR) is 102 cm³/mol. The standard InChI is InChI=1S/C20H25N3O3/c1-22(2)15-7-6-10-19(16-8-4-3-5-9-16)21-20(24)17-11-13-18(14-12-17)23(25)26/h3-5,8-9,11-14,19H,6-7,10,15H2,1-2H3,(H,21,24). The smallest absolute Gasteiger partial charge is 0.269 e. The molecule has 0 radical (unpaired) electrons. The second-order valence-electron chi connectivity index (χ2n) is 6.54. The molecule has 0 heterocycles. The van der Waals surface area contributed by atoms with Crippen LogP contribution in [0.15, 0.2) is 54.6 Å². The van der Waals surface area contributed by atoms with Crippen molar-refractivity contribution >= 4 is 11.6 Å². The number of carbonyl (C=O) groups is 1. The van der Waals surface area contributed by atoms with Crippen molar-refractivity contribution in [2.75, 3.05) is 20.6 Å². The van der Waals surface area contributed by atoms with E-state index in [9.17, 15) is 14.9 Å². The Morgan fingerprint density at radius 1 is 1.08 bits per heavy atom. The van der Waals surface area contributed by atoms with E-state index in [0.717, 1.165) is 31.4 Å². The van der Waals surface area contributed by atoms with Gasteiger partial charge < -0.3 is 10.2 Å². The summed E-state index contributed by atoms with van der Waals surface area (Å²) in [4.78, 5) is 25.0. The van der Waals surface area contributed by atoms with Crippen LogP contribution in [-0.2, 0) is 0 Å². The Labute approximate surface area is 154 Å². The number of non-ortho nitro benzene ring substituents is 1. The minimum Gasteiger partial charge on any atom is -0.345 e. The van der Waals surface area contributed by atoms with Crippen molar-refractivity contribution in [1.82, 2.24) is 10.2 Å². The van der Waals surface area contributed by atoms with Crippen molar-refractivity contribution in [1.29, 1.82) is 0 Å². The molecule has 1 atom stereocenters. The molecule has 2 aromatic carbocycles. The molecule has 0 aliphatic rings. The molecule has 1 unspecified atom stereocenters. The maximum Gasteiger partial charge on any atom is 0.269 e. The molecule has 1 amide bonds. The lowest BCUT2D eigenvalue weighted by Crippen LogP contribution is -2.28. The number of nitro benzene ring substituents is 1. The molecule has 0 fully saturated rings. The molecule has 26 heavy (non-hydrogen) atoms. The normalized spacial score (nSPS) is 12.0. The summed E-state index contributed by atoms with van der Waals surface area (Å²) in [7, 11) is 4.09. The summed E-state index contributed by atoms with van der Waals surface area (Å²) in [6.07, 6.45) is 2.90. The zero-order valence-electron chi connectivity index (χ0n) is 15.2. The topological polar surface area (TPSA) is 75.5 Å². The second-order valence-corrected chi connectivity index (χ2v) is 6.54. The van der Waals surface area contributed by atoms with Crippen LogP contribution < -0.4 is 5.32 Å².